The van der Waals surface area contributed by atoms with E-state index in [4.69, 9.17) is 10.8 Å². The molecule has 1 saturated carbocycles. The van der Waals surface area contributed by atoms with Crippen LogP contribution >= 0.6 is 24.8 Å². The van der Waals surface area contributed by atoms with Crippen LogP contribution in [0, 0.1) is 0 Å². The van der Waals surface area contributed by atoms with E-state index in [0.717, 1.165) is 11.3 Å². The molecule has 0 atom stereocenters. The summed E-state index contributed by atoms with van der Waals surface area (Å²) >= 11 is 0. The zero-order valence-electron chi connectivity index (χ0n) is 9.56. The molecular formula is C11H19Cl2N3O. The second kappa shape index (κ2) is 7.71. The van der Waals surface area contributed by atoms with Crippen molar-refractivity contribution in [3.63, 3.8) is 0 Å². The van der Waals surface area contributed by atoms with Gasteiger partial charge in [0.2, 0.25) is 0 Å². The van der Waals surface area contributed by atoms with Crippen LogP contribution in [0.25, 0.3) is 0 Å². The molecule has 1 heterocycles. The van der Waals surface area contributed by atoms with E-state index in [9.17, 15) is 0 Å². The summed E-state index contributed by atoms with van der Waals surface area (Å²) < 4.78 is 0. The normalized spacial score (nSPS) is 14.4. The molecule has 17 heavy (non-hydrogen) atoms. The second-order valence-electron chi connectivity index (χ2n) is 4.01. The number of aliphatic hydroxyl groups excluding tert-OH is 1. The van der Waals surface area contributed by atoms with Gasteiger partial charge in [0.15, 0.2) is 0 Å². The summed E-state index contributed by atoms with van der Waals surface area (Å²) in [5.74, 6) is 0.512. The lowest BCUT2D eigenvalue weighted by molar-refractivity contribution is 0.278. The van der Waals surface area contributed by atoms with Gasteiger partial charge in [-0.2, -0.15) is 0 Å². The minimum absolute atomic E-state index is 0. The number of anilines is 1. The molecule has 1 fully saturated rings. The lowest BCUT2D eigenvalue weighted by atomic mass is 9.93. The Kier molecular flexibility index (Phi) is 7.46. The van der Waals surface area contributed by atoms with E-state index in [1.165, 1.54) is 19.3 Å². The van der Waals surface area contributed by atoms with Gasteiger partial charge in [0.1, 0.15) is 5.82 Å². The van der Waals surface area contributed by atoms with Crippen LogP contribution in [-0.2, 0) is 13.2 Å². The van der Waals surface area contributed by atoms with Crippen LogP contribution in [0.4, 0.5) is 5.82 Å². The largest absolute Gasteiger partial charge is 0.392 e. The zero-order chi connectivity index (χ0) is 10.7. The van der Waals surface area contributed by atoms with Crippen molar-refractivity contribution in [2.24, 2.45) is 0 Å². The number of aliphatic hydroxyl groups is 1. The van der Waals surface area contributed by atoms with Crippen molar-refractivity contribution in [3.05, 3.63) is 23.4 Å². The third-order valence-corrected chi connectivity index (χ3v) is 2.92. The van der Waals surface area contributed by atoms with E-state index in [1.807, 2.05) is 6.07 Å². The summed E-state index contributed by atoms with van der Waals surface area (Å²) in [6.07, 6.45) is 3.81. The molecule has 0 aliphatic heterocycles. The van der Waals surface area contributed by atoms with Crippen molar-refractivity contribution in [1.82, 2.24) is 10.3 Å². The summed E-state index contributed by atoms with van der Waals surface area (Å²) in [5.41, 5.74) is 7.34. The molecule has 0 unspecified atom stereocenters. The first-order valence-electron chi connectivity index (χ1n) is 5.38. The SMILES string of the molecule is Cl.Cl.Nc1ccc(CO)c(CNC2CCC2)n1. The highest BCUT2D eigenvalue weighted by molar-refractivity contribution is 5.85. The van der Waals surface area contributed by atoms with Crippen molar-refractivity contribution >= 4 is 30.6 Å². The Morgan fingerprint density at radius 2 is 2.06 bits per heavy atom. The summed E-state index contributed by atoms with van der Waals surface area (Å²) in [6, 6.07) is 4.18. The number of aromatic nitrogens is 1. The molecule has 0 amide bonds. The first kappa shape index (κ1) is 16.4. The maximum Gasteiger partial charge on any atom is 0.123 e. The number of pyridine rings is 1. The van der Waals surface area contributed by atoms with Crippen LogP contribution in [0.2, 0.25) is 0 Å². The van der Waals surface area contributed by atoms with Crippen LogP contribution in [0.15, 0.2) is 12.1 Å². The maximum atomic E-state index is 9.14. The molecule has 1 aromatic heterocycles. The molecule has 1 aliphatic carbocycles. The predicted molar refractivity (Wildman–Crippen MR) is 73.5 cm³/mol. The number of hydrogen-bond acceptors (Lipinski definition) is 4. The maximum absolute atomic E-state index is 9.14. The van der Waals surface area contributed by atoms with E-state index in [0.29, 0.717) is 18.4 Å². The van der Waals surface area contributed by atoms with Crippen LogP contribution < -0.4 is 11.1 Å². The minimum atomic E-state index is 0. The standard InChI is InChI=1S/C11H17N3O.2ClH/c12-11-5-4-8(7-15)10(14-11)6-13-9-2-1-3-9;;/h4-5,9,13,15H,1-3,6-7H2,(H2,12,14);2*1H. The van der Waals surface area contributed by atoms with Crippen LogP contribution in [-0.4, -0.2) is 16.1 Å². The van der Waals surface area contributed by atoms with Gasteiger partial charge in [-0.05, 0) is 18.9 Å². The number of halogens is 2. The quantitative estimate of drug-likeness (QED) is 0.784. The van der Waals surface area contributed by atoms with Gasteiger partial charge >= 0.3 is 0 Å². The highest BCUT2D eigenvalue weighted by atomic mass is 35.5. The van der Waals surface area contributed by atoms with Gasteiger partial charge in [0, 0.05) is 18.2 Å². The topological polar surface area (TPSA) is 71.2 Å². The van der Waals surface area contributed by atoms with Gasteiger partial charge in [-0.25, -0.2) is 4.98 Å². The Labute approximate surface area is 114 Å². The van der Waals surface area contributed by atoms with Gasteiger partial charge in [-0.3, -0.25) is 0 Å². The van der Waals surface area contributed by atoms with Gasteiger partial charge in [-0.1, -0.05) is 12.5 Å². The highest BCUT2D eigenvalue weighted by Crippen LogP contribution is 2.19. The van der Waals surface area contributed by atoms with Crippen molar-refractivity contribution in [2.45, 2.75) is 38.5 Å². The Hall–Kier alpha value is -0.550. The van der Waals surface area contributed by atoms with Crippen LogP contribution in [0.5, 0.6) is 0 Å². The lowest BCUT2D eigenvalue weighted by Gasteiger charge is -2.26. The number of rotatable bonds is 4. The Balaban J connectivity index is 0.00000128. The van der Waals surface area contributed by atoms with Gasteiger partial charge in [0.25, 0.3) is 0 Å². The fourth-order valence-corrected chi connectivity index (χ4v) is 1.70. The minimum Gasteiger partial charge on any atom is -0.392 e. The molecule has 4 N–H and O–H groups in total. The summed E-state index contributed by atoms with van der Waals surface area (Å²) in [6.45, 7) is 0.723. The first-order valence-corrected chi connectivity index (χ1v) is 5.38. The molecule has 1 aliphatic rings. The second-order valence-corrected chi connectivity index (χ2v) is 4.01. The highest BCUT2D eigenvalue weighted by Gasteiger charge is 2.17. The van der Waals surface area contributed by atoms with Crippen molar-refractivity contribution in [1.29, 1.82) is 0 Å². The fraction of sp³-hybridized carbons (Fsp3) is 0.545. The Morgan fingerprint density at radius 3 is 2.59 bits per heavy atom. The molecule has 0 bridgehead atoms. The van der Waals surface area contributed by atoms with E-state index < -0.39 is 0 Å². The fourth-order valence-electron chi connectivity index (χ4n) is 1.70. The molecule has 0 radical (unpaired) electrons. The molecule has 4 nitrogen and oxygen atoms in total. The molecular weight excluding hydrogens is 261 g/mol. The van der Waals surface area contributed by atoms with E-state index in [2.05, 4.69) is 10.3 Å². The smallest absolute Gasteiger partial charge is 0.123 e. The molecule has 2 rings (SSSR count). The van der Waals surface area contributed by atoms with Gasteiger partial charge < -0.3 is 16.2 Å². The van der Waals surface area contributed by atoms with E-state index >= 15 is 0 Å². The van der Waals surface area contributed by atoms with Crippen molar-refractivity contribution < 1.29 is 5.11 Å². The number of nitrogen functional groups attached to an aromatic ring is 1. The number of hydrogen-bond donors (Lipinski definition) is 3. The summed E-state index contributed by atoms with van der Waals surface area (Å²) in [5, 5.41) is 12.5. The Bertz CT molecular complexity index is 345. The van der Waals surface area contributed by atoms with E-state index in [-0.39, 0.29) is 31.4 Å². The average molecular weight is 280 g/mol. The first-order chi connectivity index (χ1) is 7.29. The molecule has 1 aromatic rings. The third kappa shape index (κ3) is 4.32. The molecule has 0 spiro atoms. The number of nitrogens with one attached hydrogen (secondary N) is 1. The third-order valence-electron chi connectivity index (χ3n) is 2.92. The van der Waals surface area contributed by atoms with Crippen molar-refractivity contribution in [3.8, 4) is 0 Å². The molecule has 0 saturated heterocycles. The molecule has 98 valence electrons. The number of nitrogens with zero attached hydrogens (tertiary/aromatic N) is 1. The Morgan fingerprint density at radius 1 is 1.35 bits per heavy atom. The average Bonchev–Trinajstić information content (AvgIpc) is 2.16. The summed E-state index contributed by atoms with van der Waals surface area (Å²) in [4.78, 5) is 4.23. The number of nitrogens with two attached hydrogens (primary N) is 1. The predicted octanol–water partition coefficient (Wildman–Crippen LogP) is 1.64. The van der Waals surface area contributed by atoms with Crippen molar-refractivity contribution in [2.75, 3.05) is 5.73 Å². The molecule has 0 aromatic carbocycles. The van der Waals surface area contributed by atoms with E-state index in [1.54, 1.807) is 6.07 Å². The van der Waals surface area contributed by atoms with Gasteiger partial charge in [0.05, 0.1) is 12.3 Å². The lowest BCUT2D eigenvalue weighted by Crippen LogP contribution is -2.35. The van der Waals surface area contributed by atoms with Crippen LogP contribution in [0.3, 0.4) is 0 Å². The zero-order valence-corrected chi connectivity index (χ0v) is 11.2. The summed E-state index contributed by atoms with van der Waals surface area (Å²) in [7, 11) is 0. The molecule has 6 heteroatoms. The monoisotopic (exact) mass is 279 g/mol. The van der Waals surface area contributed by atoms with Gasteiger partial charge in [-0.15, -0.1) is 24.8 Å². The van der Waals surface area contributed by atoms with Crippen LogP contribution in [0.1, 0.15) is 30.5 Å².